The van der Waals surface area contributed by atoms with E-state index in [0.29, 0.717) is 14.5 Å². The summed E-state index contributed by atoms with van der Waals surface area (Å²) in [5.41, 5.74) is 2.37. The molecule has 0 radical (unpaired) electrons. The zero-order chi connectivity index (χ0) is 25.5. The first-order chi connectivity index (χ1) is 19.2. The molecule has 3 heterocycles. The molecule has 9 rings (SSSR count). The van der Waals surface area contributed by atoms with Gasteiger partial charge in [-0.05, 0) is 0 Å². The SMILES string of the molecule is c1csc(-c2ccc3cc4cc5c(cc4cc3c2)[se]c2cc3cc4cc(-c6nccs6)ccc4cc3cc25)n1. The van der Waals surface area contributed by atoms with E-state index in [2.05, 4.69) is 94.9 Å². The van der Waals surface area contributed by atoms with E-state index < -0.39 is 0 Å². The van der Waals surface area contributed by atoms with Gasteiger partial charge in [-0.15, -0.1) is 0 Å². The van der Waals surface area contributed by atoms with Crippen molar-refractivity contribution in [1.29, 1.82) is 0 Å². The van der Waals surface area contributed by atoms with Crippen LogP contribution in [0, 0.1) is 0 Å². The van der Waals surface area contributed by atoms with Crippen molar-refractivity contribution in [3.05, 3.63) is 108 Å². The van der Waals surface area contributed by atoms with Gasteiger partial charge in [0.15, 0.2) is 0 Å². The molecule has 5 heteroatoms. The Bertz CT molecular complexity index is 2220. The van der Waals surface area contributed by atoms with Crippen molar-refractivity contribution in [1.82, 2.24) is 9.97 Å². The summed E-state index contributed by atoms with van der Waals surface area (Å²) < 4.78 is 2.96. The molecule has 3 aromatic heterocycles. The third-order valence-electron chi connectivity index (χ3n) is 7.66. The van der Waals surface area contributed by atoms with E-state index in [1.807, 2.05) is 23.2 Å². The summed E-state index contributed by atoms with van der Waals surface area (Å²) in [4.78, 5) is 9.00. The second-order valence-corrected chi connectivity index (χ2v) is 14.1. The first kappa shape index (κ1) is 22.0. The molecule has 0 amide bonds. The van der Waals surface area contributed by atoms with E-state index in [4.69, 9.17) is 0 Å². The fraction of sp³-hybridized carbons (Fsp3) is 0. The second kappa shape index (κ2) is 8.32. The number of rotatable bonds is 2. The van der Waals surface area contributed by atoms with Crippen molar-refractivity contribution in [3.63, 3.8) is 0 Å². The normalized spacial score (nSPS) is 12.1. The van der Waals surface area contributed by atoms with Crippen LogP contribution in [0.5, 0.6) is 0 Å². The zero-order valence-electron chi connectivity index (χ0n) is 20.5. The predicted molar refractivity (Wildman–Crippen MR) is 171 cm³/mol. The van der Waals surface area contributed by atoms with Gasteiger partial charge in [-0.1, -0.05) is 0 Å². The van der Waals surface area contributed by atoms with Crippen LogP contribution >= 0.6 is 22.7 Å². The number of benzene rings is 6. The van der Waals surface area contributed by atoms with Crippen molar-refractivity contribution in [2.24, 2.45) is 0 Å². The van der Waals surface area contributed by atoms with Gasteiger partial charge in [0.05, 0.1) is 0 Å². The summed E-state index contributed by atoms with van der Waals surface area (Å²) in [5, 5.41) is 19.4. The average molecular weight is 598 g/mol. The van der Waals surface area contributed by atoms with Crippen molar-refractivity contribution >= 4 is 99.6 Å². The molecule has 0 aliphatic rings. The van der Waals surface area contributed by atoms with Crippen LogP contribution in [0.3, 0.4) is 0 Å². The molecule has 0 atom stereocenters. The Morgan fingerprint density at radius 2 is 0.872 bits per heavy atom. The Kier molecular flexibility index (Phi) is 4.69. The molecule has 182 valence electrons. The van der Waals surface area contributed by atoms with Crippen LogP contribution in [0.25, 0.3) is 83.5 Å². The quantitative estimate of drug-likeness (QED) is 0.146. The van der Waals surface area contributed by atoms with Crippen molar-refractivity contribution in [2.45, 2.75) is 0 Å². The van der Waals surface area contributed by atoms with Gasteiger partial charge >= 0.3 is 239 Å². The fourth-order valence-electron chi connectivity index (χ4n) is 5.76. The van der Waals surface area contributed by atoms with E-state index in [1.165, 1.54) is 73.5 Å². The molecule has 0 saturated carbocycles. The zero-order valence-corrected chi connectivity index (χ0v) is 23.9. The Morgan fingerprint density at radius 3 is 1.33 bits per heavy atom. The molecule has 39 heavy (non-hydrogen) atoms. The van der Waals surface area contributed by atoms with Gasteiger partial charge in [-0.2, -0.15) is 0 Å². The number of thiazole rings is 2. The van der Waals surface area contributed by atoms with Gasteiger partial charge in [0.25, 0.3) is 0 Å². The molecular weight excluding hydrogens is 579 g/mol. The Labute approximate surface area is 237 Å². The predicted octanol–water partition coefficient (Wildman–Crippen LogP) is 9.91. The summed E-state index contributed by atoms with van der Waals surface area (Å²) >= 11 is 3.67. The Balaban J connectivity index is 1.23. The first-order valence-corrected chi connectivity index (χ1v) is 16.2. The van der Waals surface area contributed by atoms with Crippen LogP contribution in [-0.2, 0) is 0 Å². The second-order valence-electron chi connectivity index (χ2n) is 10.00. The molecule has 0 fully saturated rings. The minimum atomic E-state index is 0.294. The average Bonchev–Trinajstić information content (AvgIpc) is 3.74. The molecule has 0 bridgehead atoms. The minimum absolute atomic E-state index is 0.294. The van der Waals surface area contributed by atoms with Crippen molar-refractivity contribution in [2.75, 3.05) is 0 Å². The summed E-state index contributed by atoms with van der Waals surface area (Å²) in [6, 6.07) is 32.5. The van der Waals surface area contributed by atoms with Crippen LogP contribution in [0.1, 0.15) is 0 Å². The molecular formula is C34H18N2S2Se. The molecule has 2 nitrogen and oxygen atoms in total. The fourth-order valence-corrected chi connectivity index (χ4v) is 9.48. The van der Waals surface area contributed by atoms with E-state index in [9.17, 15) is 0 Å². The van der Waals surface area contributed by atoms with Crippen LogP contribution in [0.4, 0.5) is 0 Å². The van der Waals surface area contributed by atoms with Gasteiger partial charge < -0.3 is 0 Å². The molecule has 0 aliphatic carbocycles. The van der Waals surface area contributed by atoms with E-state index in [0.717, 1.165) is 10.0 Å². The van der Waals surface area contributed by atoms with Crippen LogP contribution in [0.2, 0.25) is 0 Å². The first-order valence-electron chi connectivity index (χ1n) is 12.8. The van der Waals surface area contributed by atoms with E-state index >= 15 is 0 Å². The van der Waals surface area contributed by atoms with Crippen LogP contribution in [0.15, 0.2) is 108 Å². The van der Waals surface area contributed by atoms with Gasteiger partial charge in [0.1, 0.15) is 0 Å². The Hall–Kier alpha value is -3.86. The van der Waals surface area contributed by atoms with Gasteiger partial charge in [0, 0.05) is 0 Å². The molecule has 6 aromatic carbocycles. The number of hydrogen-bond donors (Lipinski definition) is 0. The number of nitrogens with zero attached hydrogens (tertiary/aromatic N) is 2. The third kappa shape index (κ3) is 3.52. The van der Waals surface area contributed by atoms with Gasteiger partial charge in [-0.3, -0.25) is 0 Å². The monoisotopic (exact) mass is 598 g/mol. The number of hydrogen-bond acceptors (Lipinski definition) is 4. The van der Waals surface area contributed by atoms with Crippen LogP contribution < -0.4 is 0 Å². The maximum absolute atomic E-state index is 4.50. The Morgan fingerprint density at radius 1 is 0.436 bits per heavy atom. The standard InChI is InChI=1S/C34H18N2S2Se/c1-3-21(33-35-5-7-37-33)11-23-13-27-17-31-29(15-25(27)9-19(1)23)30-16-26-10-20-2-4-22(34-36-6-8-38-34)12-24(20)14-28(26)18-32(30)39-31/h1-18H. The summed E-state index contributed by atoms with van der Waals surface area (Å²) in [5.74, 6) is 0. The molecule has 0 saturated heterocycles. The topological polar surface area (TPSA) is 25.8 Å². The van der Waals surface area contributed by atoms with E-state index in [1.54, 1.807) is 22.7 Å². The number of fused-ring (bicyclic) bond motifs is 7. The molecule has 9 aromatic rings. The molecule has 0 N–H and O–H groups in total. The van der Waals surface area contributed by atoms with Gasteiger partial charge in [-0.25, -0.2) is 0 Å². The summed E-state index contributed by atoms with van der Waals surface area (Å²) in [6.45, 7) is 0. The van der Waals surface area contributed by atoms with Crippen LogP contribution in [-0.4, -0.2) is 24.5 Å². The third-order valence-corrected chi connectivity index (χ3v) is 11.6. The molecule has 0 unspecified atom stereocenters. The number of aromatic nitrogens is 2. The molecule has 0 aliphatic heterocycles. The summed E-state index contributed by atoms with van der Waals surface area (Å²) in [7, 11) is 0. The van der Waals surface area contributed by atoms with Crippen molar-refractivity contribution in [3.8, 4) is 21.1 Å². The van der Waals surface area contributed by atoms with Crippen molar-refractivity contribution < 1.29 is 0 Å². The summed E-state index contributed by atoms with van der Waals surface area (Å²) in [6.07, 6.45) is 3.75. The maximum atomic E-state index is 4.50. The van der Waals surface area contributed by atoms with E-state index in [-0.39, 0.29) is 0 Å². The molecule has 0 spiro atoms. The van der Waals surface area contributed by atoms with Gasteiger partial charge in [0.2, 0.25) is 0 Å².